The van der Waals surface area contributed by atoms with Gasteiger partial charge in [-0.05, 0) is 56.1 Å². The third-order valence-corrected chi connectivity index (χ3v) is 7.32. The molecule has 2 atom stereocenters. The molecule has 0 unspecified atom stereocenters. The molecular formula is C30H39N3O7. The standard InChI is InChI=1S/C30H39N3O7/c1-2-3-4-5-6-13-28(34)31-24(21-32-16-9-10-17-32)29(22-14-15-26-27(20-22)39-19-18-38-26)40-30(35)23-11-7-8-12-25(23)33(36)37/h7-8,11-12,14-15,20,24,29H,2-6,9-10,13,16-19,21H2,1H3,(H,31,34)/t24-,29-/m1/s1. The van der Waals surface area contributed by atoms with Crippen LogP contribution in [0, 0.1) is 10.1 Å². The second-order valence-electron chi connectivity index (χ2n) is 10.3. The van der Waals surface area contributed by atoms with Crippen LogP contribution in [0.15, 0.2) is 42.5 Å². The highest BCUT2D eigenvalue weighted by Crippen LogP contribution is 2.36. The number of carbonyl (C=O) groups is 2. The molecule has 0 saturated carbocycles. The van der Waals surface area contributed by atoms with Crippen molar-refractivity contribution < 1.29 is 28.7 Å². The molecular weight excluding hydrogens is 514 g/mol. The van der Waals surface area contributed by atoms with E-state index in [1.807, 2.05) is 0 Å². The summed E-state index contributed by atoms with van der Waals surface area (Å²) in [4.78, 5) is 39.8. The number of unbranched alkanes of at least 4 members (excludes halogenated alkanes) is 4. The number of esters is 1. The van der Waals surface area contributed by atoms with Crippen molar-refractivity contribution in [3.05, 3.63) is 63.7 Å². The fourth-order valence-electron chi connectivity index (χ4n) is 5.23. The average molecular weight is 554 g/mol. The van der Waals surface area contributed by atoms with Crippen LogP contribution < -0.4 is 14.8 Å². The van der Waals surface area contributed by atoms with Crippen LogP contribution >= 0.6 is 0 Å². The van der Waals surface area contributed by atoms with Gasteiger partial charge in [-0.2, -0.15) is 0 Å². The van der Waals surface area contributed by atoms with Crippen molar-refractivity contribution in [2.45, 2.75) is 70.4 Å². The van der Waals surface area contributed by atoms with E-state index in [0.717, 1.165) is 58.0 Å². The maximum atomic E-state index is 13.4. The lowest BCUT2D eigenvalue weighted by molar-refractivity contribution is -0.385. The zero-order chi connectivity index (χ0) is 28.3. The van der Waals surface area contributed by atoms with Gasteiger partial charge in [0.05, 0.1) is 11.0 Å². The Morgan fingerprint density at radius 3 is 2.50 bits per heavy atom. The summed E-state index contributed by atoms with van der Waals surface area (Å²) in [6.07, 6.45) is 6.72. The minimum Gasteiger partial charge on any atom is -0.486 e. The first kappa shape index (κ1) is 29.3. The number of nitrogens with one attached hydrogen (secondary N) is 1. The van der Waals surface area contributed by atoms with E-state index in [9.17, 15) is 19.7 Å². The number of hydrogen-bond acceptors (Lipinski definition) is 8. The van der Waals surface area contributed by atoms with E-state index in [1.54, 1.807) is 24.3 Å². The molecule has 2 aliphatic rings. The van der Waals surface area contributed by atoms with E-state index in [2.05, 4.69) is 17.1 Å². The van der Waals surface area contributed by atoms with E-state index >= 15 is 0 Å². The van der Waals surface area contributed by atoms with Crippen LogP contribution in [-0.2, 0) is 9.53 Å². The number of amides is 1. The van der Waals surface area contributed by atoms with Crippen LogP contribution in [0.2, 0.25) is 0 Å². The molecule has 0 aliphatic carbocycles. The van der Waals surface area contributed by atoms with Crippen LogP contribution in [0.1, 0.15) is 80.3 Å². The van der Waals surface area contributed by atoms with Crippen molar-refractivity contribution in [2.24, 2.45) is 0 Å². The van der Waals surface area contributed by atoms with Crippen LogP contribution in [0.25, 0.3) is 0 Å². The third kappa shape index (κ3) is 7.94. The minimum atomic E-state index is -0.909. The fourth-order valence-corrected chi connectivity index (χ4v) is 5.23. The minimum absolute atomic E-state index is 0.107. The van der Waals surface area contributed by atoms with Gasteiger partial charge in [0.1, 0.15) is 24.9 Å². The van der Waals surface area contributed by atoms with Gasteiger partial charge in [0, 0.05) is 19.0 Å². The van der Waals surface area contributed by atoms with Crippen LogP contribution in [-0.4, -0.2) is 60.6 Å². The molecule has 40 heavy (non-hydrogen) atoms. The quantitative estimate of drug-likeness (QED) is 0.147. The Morgan fingerprint density at radius 2 is 1.75 bits per heavy atom. The predicted octanol–water partition coefficient (Wildman–Crippen LogP) is 5.21. The lowest BCUT2D eigenvalue weighted by atomic mass is 9.99. The van der Waals surface area contributed by atoms with E-state index in [0.29, 0.717) is 43.2 Å². The predicted molar refractivity (Wildman–Crippen MR) is 150 cm³/mol. The summed E-state index contributed by atoms with van der Waals surface area (Å²) in [6, 6.07) is 10.5. The van der Waals surface area contributed by atoms with Gasteiger partial charge in [-0.15, -0.1) is 0 Å². The molecule has 2 aromatic rings. The molecule has 216 valence electrons. The number of rotatable bonds is 14. The van der Waals surface area contributed by atoms with E-state index < -0.39 is 23.0 Å². The Morgan fingerprint density at radius 1 is 1.02 bits per heavy atom. The van der Waals surface area contributed by atoms with Crippen LogP contribution in [0.5, 0.6) is 11.5 Å². The Balaban J connectivity index is 1.63. The summed E-state index contributed by atoms with van der Waals surface area (Å²) < 4.78 is 17.5. The fraction of sp³-hybridized carbons (Fsp3) is 0.533. The van der Waals surface area contributed by atoms with Crippen molar-refractivity contribution in [3.63, 3.8) is 0 Å². The topological polar surface area (TPSA) is 120 Å². The van der Waals surface area contributed by atoms with E-state index in [4.69, 9.17) is 14.2 Å². The first-order valence-electron chi connectivity index (χ1n) is 14.3. The first-order valence-corrected chi connectivity index (χ1v) is 14.3. The molecule has 0 bridgehead atoms. The van der Waals surface area contributed by atoms with Gasteiger partial charge in [0.25, 0.3) is 5.69 Å². The molecule has 2 heterocycles. The number of nitro benzene ring substituents is 1. The zero-order valence-electron chi connectivity index (χ0n) is 23.1. The zero-order valence-corrected chi connectivity index (χ0v) is 23.1. The Labute approximate surface area is 235 Å². The van der Waals surface area contributed by atoms with Gasteiger partial charge in [-0.1, -0.05) is 50.8 Å². The smallest absolute Gasteiger partial charge is 0.345 e. The summed E-state index contributed by atoms with van der Waals surface area (Å²) in [5.41, 5.74) is 0.140. The van der Waals surface area contributed by atoms with Gasteiger partial charge in [0.2, 0.25) is 5.91 Å². The first-order chi connectivity index (χ1) is 19.5. The van der Waals surface area contributed by atoms with E-state index in [-0.39, 0.29) is 17.2 Å². The molecule has 0 radical (unpaired) electrons. The summed E-state index contributed by atoms with van der Waals surface area (Å²) >= 11 is 0. The highest BCUT2D eigenvalue weighted by atomic mass is 16.6. The lowest BCUT2D eigenvalue weighted by Crippen LogP contribution is -2.47. The molecule has 0 spiro atoms. The molecule has 2 aliphatic heterocycles. The second kappa shape index (κ2) is 14.6. The largest absolute Gasteiger partial charge is 0.486 e. The number of ether oxygens (including phenoxy) is 3. The number of benzene rings is 2. The molecule has 2 aromatic carbocycles. The Kier molecular flexibility index (Phi) is 10.7. The number of likely N-dealkylation sites (tertiary alicyclic amines) is 1. The molecule has 10 nitrogen and oxygen atoms in total. The van der Waals surface area contributed by atoms with E-state index in [1.165, 1.54) is 18.2 Å². The molecule has 0 aromatic heterocycles. The monoisotopic (exact) mass is 553 g/mol. The highest BCUT2D eigenvalue weighted by Gasteiger charge is 2.34. The van der Waals surface area contributed by atoms with Crippen molar-refractivity contribution in [3.8, 4) is 11.5 Å². The van der Waals surface area contributed by atoms with Crippen molar-refractivity contribution >= 4 is 17.6 Å². The SMILES string of the molecule is CCCCCCCC(=O)N[C@H](CN1CCCC1)[C@H](OC(=O)c1ccccc1[N+](=O)[O-])c1ccc2c(c1)OCCO2. The van der Waals surface area contributed by atoms with Crippen LogP contribution in [0.4, 0.5) is 5.69 Å². The Bertz CT molecular complexity index is 1170. The normalized spacial score (nSPS) is 16.2. The van der Waals surface area contributed by atoms with Crippen molar-refractivity contribution in [1.29, 1.82) is 0 Å². The molecule has 1 amide bonds. The van der Waals surface area contributed by atoms with Crippen molar-refractivity contribution in [1.82, 2.24) is 10.2 Å². The third-order valence-electron chi connectivity index (χ3n) is 7.32. The Hall–Kier alpha value is -3.66. The lowest BCUT2D eigenvalue weighted by Gasteiger charge is -2.32. The molecule has 1 saturated heterocycles. The summed E-state index contributed by atoms with van der Waals surface area (Å²) in [5, 5.41) is 14.8. The maximum Gasteiger partial charge on any atom is 0.345 e. The summed E-state index contributed by atoms with van der Waals surface area (Å²) in [6.45, 7) is 5.23. The van der Waals surface area contributed by atoms with Crippen LogP contribution in [0.3, 0.4) is 0 Å². The average Bonchev–Trinajstić information content (AvgIpc) is 3.48. The van der Waals surface area contributed by atoms with Gasteiger partial charge in [-0.3, -0.25) is 14.9 Å². The molecule has 10 heteroatoms. The number of hydrogen-bond donors (Lipinski definition) is 1. The van der Waals surface area contributed by atoms with Gasteiger partial charge in [-0.25, -0.2) is 4.79 Å². The molecule has 1 fully saturated rings. The van der Waals surface area contributed by atoms with Gasteiger partial charge < -0.3 is 24.4 Å². The van der Waals surface area contributed by atoms with Gasteiger partial charge in [0.15, 0.2) is 11.5 Å². The number of carbonyl (C=O) groups excluding carboxylic acids is 2. The van der Waals surface area contributed by atoms with Crippen molar-refractivity contribution in [2.75, 3.05) is 32.8 Å². The second-order valence-corrected chi connectivity index (χ2v) is 10.3. The maximum absolute atomic E-state index is 13.4. The number of nitro groups is 1. The number of para-hydroxylation sites is 1. The summed E-state index contributed by atoms with van der Waals surface area (Å²) in [5.74, 6) is 0.182. The number of fused-ring (bicyclic) bond motifs is 1. The molecule has 1 N–H and O–H groups in total. The van der Waals surface area contributed by atoms with Gasteiger partial charge >= 0.3 is 5.97 Å². The molecule has 4 rings (SSSR count). The highest BCUT2D eigenvalue weighted by molar-refractivity contribution is 5.94. The summed E-state index contributed by atoms with van der Waals surface area (Å²) in [7, 11) is 0. The number of nitrogens with zero attached hydrogens (tertiary/aromatic N) is 2.